The van der Waals surface area contributed by atoms with Gasteiger partial charge < -0.3 is 5.32 Å². The molecule has 3 rings (SSSR count). The first kappa shape index (κ1) is 11.9. The Labute approximate surface area is 118 Å². The summed E-state index contributed by atoms with van der Waals surface area (Å²) in [7, 11) is 0. The van der Waals surface area contributed by atoms with Crippen LogP contribution in [0.2, 0.25) is 0 Å². The van der Waals surface area contributed by atoms with Crippen molar-refractivity contribution in [2.24, 2.45) is 0 Å². The molecule has 1 aromatic carbocycles. The second-order valence-corrected chi connectivity index (χ2v) is 6.25. The molecule has 0 radical (unpaired) electrons. The monoisotopic (exact) mass is 321 g/mol. The quantitative estimate of drug-likeness (QED) is 0.934. The number of rotatable bonds is 3. The smallest absolute Gasteiger partial charge is 0.160 e. The Hall–Kier alpha value is -1.13. The minimum atomic E-state index is -0.0728. The molecule has 2 heterocycles. The van der Waals surface area contributed by atoms with Gasteiger partial charge >= 0.3 is 0 Å². The first-order valence-electron chi connectivity index (χ1n) is 5.83. The predicted molar refractivity (Wildman–Crippen MR) is 78.3 cm³/mol. The number of ketones is 1. The summed E-state index contributed by atoms with van der Waals surface area (Å²) in [5.41, 5.74) is 2.34. The minimum absolute atomic E-state index is 0.0728. The SMILES string of the molecule is O=C(Cc1sccc1Br)C1Cc2ccccc2N1. The highest BCUT2D eigenvalue weighted by molar-refractivity contribution is 9.10. The molecular formula is C14H12BrNOS. The molecule has 1 N–H and O–H groups in total. The topological polar surface area (TPSA) is 29.1 Å². The summed E-state index contributed by atoms with van der Waals surface area (Å²) < 4.78 is 1.04. The number of nitrogens with one attached hydrogen (secondary N) is 1. The predicted octanol–water partition coefficient (Wildman–Crippen LogP) is 3.66. The Kier molecular flexibility index (Phi) is 3.22. The number of benzene rings is 1. The molecule has 4 heteroatoms. The lowest BCUT2D eigenvalue weighted by Crippen LogP contribution is -2.28. The molecule has 1 unspecified atom stereocenters. The molecule has 0 saturated carbocycles. The number of anilines is 1. The van der Waals surface area contributed by atoms with Gasteiger partial charge in [-0.3, -0.25) is 4.79 Å². The summed E-state index contributed by atoms with van der Waals surface area (Å²) in [6.45, 7) is 0. The number of hydrogen-bond donors (Lipinski definition) is 1. The maximum absolute atomic E-state index is 12.3. The average Bonchev–Trinajstić information content (AvgIpc) is 2.96. The van der Waals surface area contributed by atoms with Crippen LogP contribution in [0.3, 0.4) is 0 Å². The van der Waals surface area contributed by atoms with Crippen LogP contribution in [0, 0.1) is 0 Å². The van der Waals surface area contributed by atoms with Crippen molar-refractivity contribution in [1.29, 1.82) is 0 Å². The summed E-state index contributed by atoms with van der Waals surface area (Å²) in [4.78, 5) is 13.4. The van der Waals surface area contributed by atoms with Crippen molar-refractivity contribution in [2.75, 3.05) is 5.32 Å². The zero-order chi connectivity index (χ0) is 12.5. The molecule has 1 atom stereocenters. The summed E-state index contributed by atoms with van der Waals surface area (Å²) in [5, 5.41) is 5.31. The third kappa shape index (κ3) is 2.22. The van der Waals surface area contributed by atoms with Crippen LogP contribution in [-0.2, 0) is 17.6 Å². The standard InChI is InChI=1S/C14H12BrNOS/c15-10-5-6-18-14(10)8-13(17)12-7-9-3-1-2-4-11(9)16-12/h1-6,12,16H,7-8H2. The summed E-state index contributed by atoms with van der Waals surface area (Å²) in [5.74, 6) is 0.259. The largest absolute Gasteiger partial charge is 0.375 e. The van der Waals surface area contributed by atoms with Gasteiger partial charge in [0.2, 0.25) is 0 Å². The van der Waals surface area contributed by atoms with E-state index in [1.54, 1.807) is 11.3 Å². The van der Waals surface area contributed by atoms with Gasteiger partial charge in [0.1, 0.15) is 0 Å². The fourth-order valence-electron chi connectivity index (χ4n) is 2.22. The van der Waals surface area contributed by atoms with E-state index in [1.807, 2.05) is 29.6 Å². The van der Waals surface area contributed by atoms with Gasteiger partial charge in [-0.15, -0.1) is 11.3 Å². The van der Waals surface area contributed by atoms with Gasteiger partial charge in [-0.05, 0) is 39.0 Å². The summed E-state index contributed by atoms with van der Waals surface area (Å²) >= 11 is 5.09. The average molecular weight is 322 g/mol. The van der Waals surface area contributed by atoms with Crippen molar-refractivity contribution in [3.63, 3.8) is 0 Å². The molecule has 1 aliphatic heterocycles. The summed E-state index contributed by atoms with van der Waals surface area (Å²) in [6.07, 6.45) is 1.31. The second kappa shape index (κ2) is 4.86. The van der Waals surface area contributed by atoms with Gasteiger partial charge in [0.15, 0.2) is 5.78 Å². The van der Waals surface area contributed by atoms with E-state index in [9.17, 15) is 4.79 Å². The molecule has 1 aliphatic rings. The number of carbonyl (C=O) groups is 1. The second-order valence-electron chi connectivity index (χ2n) is 4.39. The van der Waals surface area contributed by atoms with Crippen LogP contribution in [0.4, 0.5) is 5.69 Å². The van der Waals surface area contributed by atoms with Crippen LogP contribution in [-0.4, -0.2) is 11.8 Å². The number of fused-ring (bicyclic) bond motifs is 1. The molecule has 92 valence electrons. The van der Waals surface area contributed by atoms with Gasteiger partial charge in [0, 0.05) is 27.9 Å². The molecule has 0 fully saturated rings. The van der Waals surface area contributed by atoms with Crippen molar-refractivity contribution in [3.8, 4) is 0 Å². The highest BCUT2D eigenvalue weighted by Crippen LogP contribution is 2.28. The Morgan fingerprint density at radius 3 is 2.94 bits per heavy atom. The normalized spacial score (nSPS) is 17.3. The van der Waals surface area contributed by atoms with Gasteiger partial charge in [-0.25, -0.2) is 0 Å². The van der Waals surface area contributed by atoms with Crippen LogP contribution in [0.1, 0.15) is 10.4 Å². The molecular weight excluding hydrogens is 310 g/mol. The number of carbonyl (C=O) groups excluding carboxylic acids is 1. The fourth-order valence-corrected chi connectivity index (χ4v) is 3.73. The van der Waals surface area contributed by atoms with E-state index >= 15 is 0 Å². The first-order valence-corrected chi connectivity index (χ1v) is 7.50. The third-order valence-corrected chi connectivity index (χ3v) is 5.11. The van der Waals surface area contributed by atoms with E-state index in [0.29, 0.717) is 6.42 Å². The zero-order valence-corrected chi connectivity index (χ0v) is 12.1. The molecule has 0 amide bonds. The van der Waals surface area contributed by atoms with Crippen molar-refractivity contribution in [1.82, 2.24) is 0 Å². The van der Waals surface area contributed by atoms with E-state index in [4.69, 9.17) is 0 Å². The Morgan fingerprint density at radius 1 is 1.39 bits per heavy atom. The Balaban J connectivity index is 1.71. The molecule has 1 aromatic heterocycles. The number of halogens is 1. The lowest BCUT2D eigenvalue weighted by molar-refractivity contribution is -0.119. The van der Waals surface area contributed by atoms with Crippen LogP contribution >= 0.6 is 27.3 Å². The van der Waals surface area contributed by atoms with E-state index in [2.05, 4.69) is 27.3 Å². The number of hydrogen-bond acceptors (Lipinski definition) is 3. The van der Waals surface area contributed by atoms with E-state index < -0.39 is 0 Å². The van der Waals surface area contributed by atoms with Gasteiger partial charge in [0.25, 0.3) is 0 Å². The highest BCUT2D eigenvalue weighted by atomic mass is 79.9. The van der Waals surface area contributed by atoms with Crippen LogP contribution in [0.15, 0.2) is 40.2 Å². The molecule has 0 aliphatic carbocycles. The van der Waals surface area contributed by atoms with Crippen LogP contribution in [0.5, 0.6) is 0 Å². The third-order valence-electron chi connectivity index (χ3n) is 3.19. The van der Waals surface area contributed by atoms with Gasteiger partial charge in [0.05, 0.1) is 6.04 Å². The summed E-state index contributed by atoms with van der Waals surface area (Å²) in [6, 6.07) is 10.0. The lowest BCUT2D eigenvalue weighted by Gasteiger charge is -2.09. The van der Waals surface area contributed by atoms with Crippen LogP contribution < -0.4 is 5.32 Å². The molecule has 2 nitrogen and oxygen atoms in total. The van der Waals surface area contributed by atoms with Gasteiger partial charge in [-0.2, -0.15) is 0 Å². The van der Waals surface area contributed by atoms with Crippen molar-refractivity contribution >= 4 is 38.7 Å². The number of thiophene rings is 1. The van der Waals surface area contributed by atoms with Crippen molar-refractivity contribution in [3.05, 3.63) is 50.6 Å². The molecule has 0 saturated heterocycles. The zero-order valence-electron chi connectivity index (χ0n) is 9.65. The molecule has 18 heavy (non-hydrogen) atoms. The van der Waals surface area contributed by atoms with Crippen molar-refractivity contribution in [2.45, 2.75) is 18.9 Å². The molecule has 0 spiro atoms. The van der Waals surface area contributed by atoms with Gasteiger partial charge in [-0.1, -0.05) is 18.2 Å². The number of para-hydroxylation sites is 1. The van der Waals surface area contributed by atoms with Crippen LogP contribution in [0.25, 0.3) is 0 Å². The number of Topliss-reactive ketones (excluding diaryl/α,β-unsaturated/α-hetero) is 1. The molecule has 2 aromatic rings. The van der Waals surface area contributed by atoms with E-state index in [0.717, 1.165) is 21.5 Å². The first-order chi connectivity index (χ1) is 8.74. The fraction of sp³-hybridized carbons (Fsp3) is 0.214. The Bertz CT molecular complexity index is 568. The Morgan fingerprint density at radius 2 is 2.22 bits per heavy atom. The van der Waals surface area contributed by atoms with Crippen molar-refractivity contribution < 1.29 is 4.79 Å². The minimum Gasteiger partial charge on any atom is -0.375 e. The van der Waals surface area contributed by atoms with E-state index in [1.165, 1.54) is 5.56 Å². The van der Waals surface area contributed by atoms with E-state index in [-0.39, 0.29) is 11.8 Å². The maximum Gasteiger partial charge on any atom is 0.160 e. The molecule has 0 bridgehead atoms. The highest BCUT2D eigenvalue weighted by Gasteiger charge is 2.26. The lowest BCUT2D eigenvalue weighted by atomic mass is 10.0. The maximum atomic E-state index is 12.3.